The summed E-state index contributed by atoms with van der Waals surface area (Å²) >= 11 is 0. The second-order valence-corrected chi connectivity index (χ2v) is 10.8. The largest absolute Gasteiger partial charge is 0.346 e. The molecule has 0 radical (unpaired) electrons. The Bertz CT molecular complexity index is 1270. The van der Waals surface area contributed by atoms with Crippen molar-refractivity contribution < 1.29 is 13.2 Å². The number of amides is 1. The van der Waals surface area contributed by atoms with Crippen molar-refractivity contribution in [1.29, 1.82) is 0 Å². The molecular formula is C25H35N5O3S. The van der Waals surface area contributed by atoms with E-state index in [1.165, 1.54) is 0 Å². The topological polar surface area (TPSA) is 87.9 Å². The third-order valence-corrected chi connectivity index (χ3v) is 7.97. The van der Waals surface area contributed by atoms with Gasteiger partial charge in [0.05, 0.1) is 10.6 Å². The fraction of sp³-hybridized carbons (Fsp3) is 0.480. The highest BCUT2D eigenvalue weighted by atomic mass is 32.2. The highest BCUT2D eigenvalue weighted by Crippen LogP contribution is 2.29. The number of benzene rings is 1. The number of hydrogen-bond donors (Lipinski definition) is 0. The SMILES string of the molecule is CCc1nn2c(C)c(CCC(=O)N(C)CCCN(C)C)c(C)nc2c1S(=O)(=O)c1ccccc1. The van der Waals surface area contributed by atoms with Gasteiger partial charge in [0.2, 0.25) is 15.7 Å². The lowest BCUT2D eigenvalue weighted by Gasteiger charge is -2.19. The summed E-state index contributed by atoms with van der Waals surface area (Å²) in [6, 6.07) is 8.39. The summed E-state index contributed by atoms with van der Waals surface area (Å²) in [5.74, 6) is 0.0831. The van der Waals surface area contributed by atoms with Crippen LogP contribution in [0.2, 0.25) is 0 Å². The van der Waals surface area contributed by atoms with Gasteiger partial charge in [-0.15, -0.1) is 0 Å². The zero-order valence-electron chi connectivity index (χ0n) is 21.0. The molecule has 9 heteroatoms. The van der Waals surface area contributed by atoms with E-state index in [1.54, 1.807) is 39.7 Å². The number of carbonyl (C=O) groups excluding carboxylic acids is 1. The number of aromatic nitrogens is 3. The minimum atomic E-state index is -3.77. The molecule has 0 aliphatic carbocycles. The highest BCUT2D eigenvalue weighted by Gasteiger charge is 2.29. The van der Waals surface area contributed by atoms with Gasteiger partial charge in [-0.05, 0) is 71.4 Å². The first-order valence-corrected chi connectivity index (χ1v) is 13.1. The van der Waals surface area contributed by atoms with Gasteiger partial charge in [-0.2, -0.15) is 5.10 Å². The predicted octanol–water partition coefficient (Wildman–Crippen LogP) is 3.08. The fourth-order valence-electron chi connectivity index (χ4n) is 4.14. The lowest BCUT2D eigenvalue weighted by Crippen LogP contribution is -2.30. The normalized spacial score (nSPS) is 12.0. The second-order valence-electron chi connectivity index (χ2n) is 8.91. The molecule has 1 aromatic carbocycles. The number of nitrogens with zero attached hydrogens (tertiary/aromatic N) is 5. The number of carbonyl (C=O) groups is 1. The van der Waals surface area contributed by atoms with E-state index < -0.39 is 9.84 Å². The number of hydrogen-bond acceptors (Lipinski definition) is 6. The van der Waals surface area contributed by atoms with Gasteiger partial charge >= 0.3 is 0 Å². The molecule has 0 saturated carbocycles. The Morgan fingerprint density at radius 1 is 1.06 bits per heavy atom. The molecule has 0 unspecified atom stereocenters. The van der Waals surface area contributed by atoms with Crippen molar-refractivity contribution in [3.63, 3.8) is 0 Å². The monoisotopic (exact) mass is 485 g/mol. The van der Waals surface area contributed by atoms with E-state index in [2.05, 4.69) is 15.0 Å². The second kappa shape index (κ2) is 10.7. The lowest BCUT2D eigenvalue weighted by molar-refractivity contribution is -0.129. The third-order valence-electron chi connectivity index (χ3n) is 6.12. The maximum atomic E-state index is 13.5. The van der Waals surface area contributed by atoms with Gasteiger partial charge in [-0.1, -0.05) is 25.1 Å². The summed E-state index contributed by atoms with van der Waals surface area (Å²) in [5, 5.41) is 4.62. The molecule has 0 saturated heterocycles. The molecule has 2 heterocycles. The van der Waals surface area contributed by atoms with Gasteiger partial charge in [0.1, 0.15) is 4.90 Å². The van der Waals surface area contributed by atoms with Crippen LogP contribution in [0, 0.1) is 13.8 Å². The Hall–Kier alpha value is -2.78. The summed E-state index contributed by atoms with van der Waals surface area (Å²) in [7, 11) is 2.10. The maximum Gasteiger partial charge on any atom is 0.222 e. The number of fused-ring (bicyclic) bond motifs is 1. The number of sulfone groups is 1. The van der Waals surface area contributed by atoms with E-state index >= 15 is 0 Å². The van der Waals surface area contributed by atoms with E-state index in [-0.39, 0.29) is 15.7 Å². The minimum absolute atomic E-state index is 0.0831. The molecule has 3 aromatic rings. The Kier molecular flexibility index (Phi) is 8.09. The van der Waals surface area contributed by atoms with E-state index in [1.807, 2.05) is 41.9 Å². The van der Waals surface area contributed by atoms with Crippen LogP contribution in [0.4, 0.5) is 0 Å². The average molecular weight is 486 g/mol. The maximum absolute atomic E-state index is 13.5. The van der Waals surface area contributed by atoms with Crippen molar-refractivity contribution in [2.75, 3.05) is 34.2 Å². The molecule has 0 atom stereocenters. The van der Waals surface area contributed by atoms with Gasteiger partial charge in [0, 0.05) is 31.4 Å². The van der Waals surface area contributed by atoms with E-state index in [0.29, 0.717) is 37.1 Å². The first-order valence-electron chi connectivity index (χ1n) is 11.6. The Morgan fingerprint density at radius 2 is 1.74 bits per heavy atom. The summed E-state index contributed by atoms with van der Waals surface area (Å²) in [6.07, 6.45) is 2.28. The van der Waals surface area contributed by atoms with E-state index in [0.717, 1.165) is 29.9 Å². The molecule has 34 heavy (non-hydrogen) atoms. The van der Waals surface area contributed by atoms with Crippen LogP contribution in [-0.4, -0.2) is 73.0 Å². The third kappa shape index (κ3) is 5.31. The molecule has 0 fully saturated rings. The molecule has 1 amide bonds. The van der Waals surface area contributed by atoms with Crippen LogP contribution in [0.3, 0.4) is 0 Å². The van der Waals surface area contributed by atoms with Gasteiger partial charge in [-0.25, -0.2) is 17.9 Å². The molecule has 0 aliphatic rings. The summed E-state index contributed by atoms with van der Waals surface area (Å²) in [6.45, 7) is 7.31. The van der Waals surface area contributed by atoms with E-state index in [4.69, 9.17) is 0 Å². The van der Waals surface area contributed by atoms with Crippen LogP contribution >= 0.6 is 0 Å². The predicted molar refractivity (Wildman–Crippen MR) is 133 cm³/mol. The zero-order chi connectivity index (χ0) is 25.0. The minimum Gasteiger partial charge on any atom is -0.346 e. The van der Waals surface area contributed by atoms with Crippen LogP contribution in [0.15, 0.2) is 40.1 Å². The lowest BCUT2D eigenvalue weighted by atomic mass is 10.1. The first kappa shape index (κ1) is 25.8. The molecular weight excluding hydrogens is 450 g/mol. The van der Waals surface area contributed by atoms with Gasteiger partial charge in [0.15, 0.2) is 5.65 Å². The zero-order valence-corrected chi connectivity index (χ0v) is 21.8. The Labute approximate surface area is 202 Å². The Balaban J connectivity index is 1.92. The van der Waals surface area contributed by atoms with Gasteiger partial charge in [-0.3, -0.25) is 4.79 Å². The Morgan fingerprint density at radius 3 is 2.35 bits per heavy atom. The van der Waals surface area contributed by atoms with Crippen molar-refractivity contribution >= 4 is 21.4 Å². The molecule has 8 nitrogen and oxygen atoms in total. The quantitative estimate of drug-likeness (QED) is 0.439. The summed E-state index contributed by atoms with van der Waals surface area (Å²) in [5.41, 5.74) is 3.30. The molecule has 0 spiro atoms. The molecule has 3 rings (SSSR count). The summed E-state index contributed by atoms with van der Waals surface area (Å²) in [4.78, 5) is 21.6. The van der Waals surface area contributed by atoms with Crippen molar-refractivity contribution in [3.05, 3.63) is 53.0 Å². The molecule has 0 bridgehead atoms. The molecule has 184 valence electrons. The summed E-state index contributed by atoms with van der Waals surface area (Å²) < 4.78 is 28.6. The van der Waals surface area contributed by atoms with Crippen LogP contribution in [0.1, 0.15) is 42.4 Å². The fourth-order valence-corrected chi connectivity index (χ4v) is 5.76. The molecule has 0 aliphatic heterocycles. The number of rotatable bonds is 10. The van der Waals surface area contributed by atoms with Crippen molar-refractivity contribution in [2.45, 2.75) is 56.2 Å². The van der Waals surface area contributed by atoms with Gasteiger partial charge in [0.25, 0.3) is 0 Å². The molecule has 0 N–H and O–H groups in total. The van der Waals surface area contributed by atoms with Crippen LogP contribution in [0.25, 0.3) is 5.65 Å². The average Bonchev–Trinajstić information content (AvgIpc) is 3.18. The van der Waals surface area contributed by atoms with Crippen LogP contribution in [0.5, 0.6) is 0 Å². The van der Waals surface area contributed by atoms with Crippen molar-refractivity contribution in [2.24, 2.45) is 0 Å². The van der Waals surface area contributed by atoms with Gasteiger partial charge < -0.3 is 9.80 Å². The smallest absolute Gasteiger partial charge is 0.222 e. The van der Waals surface area contributed by atoms with E-state index in [9.17, 15) is 13.2 Å². The van der Waals surface area contributed by atoms with Crippen LogP contribution in [-0.2, 0) is 27.5 Å². The van der Waals surface area contributed by atoms with Crippen LogP contribution < -0.4 is 0 Å². The standard InChI is InChI=1S/C25H35N5O3S/c1-7-22-24(34(32,33)20-12-9-8-10-13-20)25-26-18(2)21(19(3)30(25)27-22)14-15-23(31)29(6)17-11-16-28(4)5/h8-10,12-13H,7,11,14-17H2,1-6H3. The molecule has 2 aromatic heterocycles. The van der Waals surface area contributed by atoms with Crippen molar-refractivity contribution in [3.8, 4) is 0 Å². The van der Waals surface area contributed by atoms with Crippen molar-refractivity contribution in [1.82, 2.24) is 24.4 Å². The highest BCUT2D eigenvalue weighted by molar-refractivity contribution is 7.91. The number of aryl methyl sites for hydroxylation is 3. The first-order chi connectivity index (χ1) is 16.1.